The first-order chi connectivity index (χ1) is 7.57. The topological polar surface area (TPSA) is 26.3 Å². The van der Waals surface area contributed by atoms with Crippen molar-refractivity contribution < 1.29 is 9.53 Å². The Morgan fingerprint density at radius 1 is 1.31 bits per heavy atom. The van der Waals surface area contributed by atoms with E-state index >= 15 is 0 Å². The summed E-state index contributed by atoms with van der Waals surface area (Å²) in [4.78, 5) is 10.8. The van der Waals surface area contributed by atoms with Crippen LogP contribution < -0.4 is 0 Å². The molecule has 0 aromatic heterocycles. The number of unbranched alkanes of at least 4 members (excludes halogenated alkanes) is 1. The number of ether oxygens (including phenoxy) is 1. The molecule has 2 unspecified atom stereocenters. The van der Waals surface area contributed by atoms with Gasteiger partial charge in [0.1, 0.15) is 5.94 Å². The molecule has 0 bridgehead atoms. The van der Waals surface area contributed by atoms with Crippen LogP contribution in [0.4, 0.5) is 0 Å². The molecular formula is C14H26O2. The van der Waals surface area contributed by atoms with Gasteiger partial charge in [-0.3, -0.25) is 0 Å². The predicted molar refractivity (Wildman–Crippen MR) is 68.2 cm³/mol. The summed E-state index contributed by atoms with van der Waals surface area (Å²) in [6.45, 7) is 8.27. The Morgan fingerprint density at radius 3 is 2.31 bits per heavy atom. The maximum absolute atomic E-state index is 10.8. The van der Waals surface area contributed by atoms with E-state index in [1.807, 2.05) is 12.9 Å². The van der Waals surface area contributed by atoms with Crippen molar-refractivity contribution in [1.29, 1.82) is 0 Å². The fourth-order valence-corrected chi connectivity index (χ4v) is 2.32. The van der Waals surface area contributed by atoms with Crippen molar-refractivity contribution in [3.8, 4) is 0 Å². The van der Waals surface area contributed by atoms with Crippen LogP contribution in [0.15, 0.2) is 5.57 Å². The molecule has 94 valence electrons. The van der Waals surface area contributed by atoms with Crippen molar-refractivity contribution in [3.63, 3.8) is 0 Å². The zero-order valence-corrected chi connectivity index (χ0v) is 11.4. The van der Waals surface area contributed by atoms with E-state index in [9.17, 15) is 4.79 Å². The maximum Gasteiger partial charge on any atom is 0.123 e. The Balaban J connectivity index is 4.92. The second kappa shape index (κ2) is 7.65. The summed E-state index contributed by atoms with van der Waals surface area (Å²) >= 11 is 0. The van der Waals surface area contributed by atoms with E-state index in [0.29, 0.717) is 0 Å². The van der Waals surface area contributed by atoms with Gasteiger partial charge in [-0.15, -0.1) is 0 Å². The summed E-state index contributed by atoms with van der Waals surface area (Å²) in [7, 11) is 1.76. The van der Waals surface area contributed by atoms with Crippen molar-refractivity contribution in [2.24, 2.45) is 5.92 Å². The van der Waals surface area contributed by atoms with Gasteiger partial charge in [-0.25, -0.2) is 4.79 Å². The highest BCUT2D eigenvalue weighted by Gasteiger charge is 2.36. The minimum absolute atomic E-state index is 0.154. The smallest absolute Gasteiger partial charge is 0.123 e. The van der Waals surface area contributed by atoms with E-state index in [2.05, 4.69) is 20.8 Å². The molecular weight excluding hydrogens is 200 g/mol. The van der Waals surface area contributed by atoms with Crippen LogP contribution in [0.5, 0.6) is 0 Å². The fourth-order valence-electron chi connectivity index (χ4n) is 2.32. The normalized spacial score (nSPS) is 16.3. The number of methoxy groups -OCH3 is 1. The molecule has 0 aliphatic rings. The molecule has 0 aliphatic heterocycles. The molecule has 0 heterocycles. The third-order valence-electron chi connectivity index (χ3n) is 3.63. The van der Waals surface area contributed by atoms with Gasteiger partial charge >= 0.3 is 0 Å². The lowest BCUT2D eigenvalue weighted by Gasteiger charge is -2.38. The van der Waals surface area contributed by atoms with Crippen LogP contribution in [0, 0.1) is 5.92 Å². The van der Waals surface area contributed by atoms with Crippen molar-refractivity contribution in [3.05, 3.63) is 5.57 Å². The molecule has 0 saturated carbocycles. The number of carbonyl (C=O) groups excluding carboxylic acids is 1. The van der Waals surface area contributed by atoms with Gasteiger partial charge in [0.25, 0.3) is 0 Å². The Morgan fingerprint density at radius 2 is 1.94 bits per heavy atom. The van der Waals surface area contributed by atoms with E-state index in [-0.39, 0.29) is 11.5 Å². The minimum atomic E-state index is -0.174. The van der Waals surface area contributed by atoms with Gasteiger partial charge in [-0.05, 0) is 19.8 Å². The highest BCUT2D eigenvalue weighted by Crippen LogP contribution is 2.35. The van der Waals surface area contributed by atoms with Crippen molar-refractivity contribution in [2.45, 2.75) is 65.4 Å². The second-order valence-electron chi connectivity index (χ2n) is 4.63. The third kappa shape index (κ3) is 3.77. The Kier molecular flexibility index (Phi) is 7.36. The number of rotatable bonds is 8. The summed E-state index contributed by atoms with van der Waals surface area (Å²) in [5.41, 5.74) is 0.595. The summed E-state index contributed by atoms with van der Waals surface area (Å²) < 4.78 is 5.77. The van der Waals surface area contributed by atoms with E-state index in [1.165, 1.54) is 0 Å². The summed E-state index contributed by atoms with van der Waals surface area (Å²) in [5.74, 6) is 2.18. The van der Waals surface area contributed by atoms with Gasteiger partial charge in [0.15, 0.2) is 0 Å². The average Bonchev–Trinajstić information content (AvgIpc) is 2.32. The molecule has 0 spiro atoms. The van der Waals surface area contributed by atoms with E-state index in [1.54, 1.807) is 7.11 Å². The quantitative estimate of drug-likeness (QED) is 0.589. The van der Waals surface area contributed by atoms with Crippen molar-refractivity contribution >= 4 is 5.94 Å². The highest BCUT2D eigenvalue weighted by atomic mass is 16.5. The Bertz CT molecular complexity index is 241. The van der Waals surface area contributed by atoms with Gasteiger partial charge in [-0.2, -0.15) is 0 Å². The molecule has 0 saturated heterocycles. The highest BCUT2D eigenvalue weighted by molar-refractivity contribution is 5.52. The van der Waals surface area contributed by atoms with Gasteiger partial charge in [0.05, 0.1) is 5.60 Å². The second-order valence-corrected chi connectivity index (χ2v) is 4.63. The van der Waals surface area contributed by atoms with Gasteiger partial charge in [0.2, 0.25) is 0 Å². The number of hydrogen-bond donors (Lipinski definition) is 0. The van der Waals surface area contributed by atoms with Crippen LogP contribution in [0.2, 0.25) is 0 Å². The molecule has 0 aliphatic carbocycles. The van der Waals surface area contributed by atoms with Crippen molar-refractivity contribution in [2.75, 3.05) is 7.11 Å². The predicted octanol–water partition coefficient (Wildman–Crippen LogP) is 3.78. The molecule has 16 heavy (non-hydrogen) atoms. The lowest BCUT2D eigenvalue weighted by Crippen LogP contribution is -2.39. The van der Waals surface area contributed by atoms with Crippen LogP contribution in [-0.2, 0) is 9.53 Å². The lowest BCUT2D eigenvalue weighted by atomic mass is 9.77. The van der Waals surface area contributed by atoms with Gasteiger partial charge < -0.3 is 4.74 Å². The first kappa shape index (κ1) is 15.4. The van der Waals surface area contributed by atoms with Crippen LogP contribution >= 0.6 is 0 Å². The first-order valence-electron chi connectivity index (χ1n) is 6.34. The lowest BCUT2D eigenvalue weighted by molar-refractivity contribution is -0.0570. The molecule has 2 nitrogen and oxygen atoms in total. The summed E-state index contributed by atoms with van der Waals surface area (Å²) in [6, 6.07) is 0. The average molecular weight is 226 g/mol. The molecule has 0 N–H and O–H groups in total. The van der Waals surface area contributed by atoms with Crippen LogP contribution in [0.3, 0.4) is 0 Å². The Hall–Kier alpha value is -0.590. The molecule has 0 fully saturated rings. The van der Waals surface area contributed by atoms with E-state index in [4.69, 9.17) is 4.74 Å². The number of hydrogen-bond acceptors (Lipinski definition) is 2. The van der Waals surface area contributed by atoms with Crippen LogP contribution in [0.25, 0.3) is 0 Å². The zero-order chi connectivity index (χ0) is 12.6. The summed E-state index contributed by atoms with van der Waals surface area (Å²) in [5, 5.41) is 0. The van der Waals surface area contributed by atoms with Crippen LogP contribution in [0.1, 0.15) is 59.8 Å². The minimum Gasteiger partial charge on any atom is -0.378 e. The SMILES string of the molecule is CCCCC(CCC)(OC)C(C)C(C)=C=O. The van der Waals surface area contributed by atoms with Gasteiger partial charge in [-0.1, -0.05) is 40.0 Å². The fraction of sp³-hybridized carbons (Fsp3) is 0.857. The molecule has 0 amide bonds. The van der Waals surface area contributed by atoms with Crippen LogP contribution in [-0.4, -0.2) is 18.7 Å². The molecule has 2 heteroatoms. The standard InChI is InChI=1S/C14H26O2/c1-6-8-10-14(16-5,9-7-2)13(4)12(3)11-15/h13H,6-10H2,1-5H3. The molecule has 0 rings (SSSR count). The monoisotopic (exact) mass is 226 g/mol. The Labute approximate surface area is 100 Å². The van der Waals surface area contributed by atoms with E-state index < -0.39 is 0 Å². The zero-order valence-electron chi connectivity index (χ0n) is 11.4. The van der Waals surface area contributed by atoms with Gasteiger partial charge in [0, 0.05) is 18.6 Å². The summed E-state index contributed by atoms with van der Waals surface area (Å²) in [6.07, 6.45) is 5.40. The molecule has 0 radical (unpaired) electrons. The largest absolute Gasteiger partial charge is 0.378 e. The molecule has 0 aromatic rings. The molecule has 0 aromatic carbocycles. The van der Waals surface area contributed by atoms with E-state index in [0.717, 1.165) is 37.7 Å². The first-order valence-corrected chi connectivity index (χ1v) is 6.34. The third-order valence-corrected chi connectivity index (χ3v) is 3.63. The maximum atomic E-state index is 10.8. The molecule has 2 atom stereocenters. The van der Waals surface area contributed by atoms with Crippen molar-refractivity contribution in [1.82, 2.24) is 0 Å².